The molecule has 0 atom stereocenters. The Balaban J connectivity index is 2.26. The van der Waals surface area contributed by atoms with E-state index in [9.17, 15) is 9.18 Å². The van der Waals surface area contributed by atoms with E-state index in [2.05, 4.69) is 0 Å². The lowest BCUT2D eigenvalue weighted by Crippen LogP contribution is -2.15. The van der Waals surface area contributed by atoms with Gasteiger partial charge in [0, 0.05) is 5.56 Å². The molecule has 0 saturated heterocycles. The van der Waals surface area contributed by atoms with E-state index >= 15 is 0 Å². The van der Waals surface area contributed by atoms with Crippen molar-refractivity contribution in [3.05, 3.63) is 35.6 Å². The van der Waals surface area contributed by atoms with Gasteiger partial charge in [0.2, 0.25) is 0 Å². The summed E-state index contributed by atoms with van der Waals surface area (Å²) in [5.41, 5.74) is 0.494. The van der Waals surface area contributed by atoms with E-state index < -0.39 is 4.87 Å². The molecule has 0 N–H and O–H groups in total. The normalized spacial score (nSPS) is 18.3. The molecule has 0 amide bonds. The molecule has 1 fully saturated rings. The number of Topliss-reactive ketones (excluding diaryl/α,β-unsaturated/α-hetero) is 1. The van der Waals surface area contributed by atoms with Gasteiger partial charge in [0.1, 0.15) is 10.7 Å². The Morgan fingerprint density at radius 2 is 1.85 bits per heavy atom. The minimum absolute atomic E-state index is 0.0887. The van der Waals surface area contributed by atoms with Crippen LogP contribution in [-0.4, -0.2) is 10.7 Å². The predicted octanol–water partition coefficient (Wildman–Crippen LogP) is 2.78. The second-order valence-corrected chi connectivity index (χ2v) is 4.02. The van der Waals surface area contributed by atoms with E-state index in [1.165, 1.54) is 24.3 Å². The fraction of sp³-hybridized carbons (Fsp3) is 0.300. The highest BCUT2D eigenvalue weighted by atomic mass is 35.5. The van der Waals surface area contributed by atoms with Gasteiger partial charge < -0.3 is 0 Å². The Hall–Kier alpha value is -0.890. The molecule has 1 aromatic rings. The Morgan fingerprint density at radius 3 is 2.31 bits per heavy atom. The van der Waals surface area contributed by atoms with Crippen LogP contribution in [0.1, 0.15) is 23.2 Å². The molecule has 2 rings (SSSR count). The summed E-state index contributed by atoms with van der Waals surface area (Å²) in [6.07, 6.45) is 1.45. The average molecular weight is 199 g/mol. The summed E-state index contributed by atoms with van der Waals surface area (Å²) in [5.74, 6) is -0.426. The largest absolute Gasteiger partial charge is 0.292 e. The molecule has 0 spiro atoms. The van der Waals surface area contributed by atoms with Gasteiger partial charge in [-0.1, -0.05) is 0 Å². The number of carbonyl (C=O) groups excluding carboxylic acids is 1. The summed E-state index contributed by atoms with van der Waals surface area (Å²) in [5, 5.41) is 0. The third-order valence-corrected chi connectivity index (χ3v) is 2.75. The van der Waals surface area contributed by atoms with Crippen LogP contribution in [0.2, 0.25) is 0 Å². The van der Waals surface area contributed by atoms with E-state index in [1.54, 1.807) is 0 Å². The molecule has 0 radical (unpaired) electrons. The zero-order valence-electron chi connectivity index (χ0n) is 6.89. The second-order valence-electron chi connectivity index (χ2n) is 3.30. The molecule has 1 aliphatic rings. The van der Waals surface area contributed by atoms with E-state index in [0.717, 1.165) is 12.8 Å². The van der Waals surface area contributed by atoms with Crippen molar-refractivity contribution >= 4 is 17.4 Å². The average Bonchev–Trinajstić information content (AvgIpc) is 2.85. The zero-order chi connectivity index (χ0) is 9.47. The third-order valence-electron chi connectivity index (χ3n) is 2.20. The maximum absolute atomic E-state index is 12.5. The van der Waals surface area contributed by atoms with Gasteiger partial charge in [-0.15, -0.1) is 11.6 Å². The van der Waals surface area contributed by atoms with E-state index in [-0.39, 0.29) is 11.6 Å². The number of hydrogen-bond donors (Lipinski definition) is 0. The van der Waals surface area contributed by atoms with Crippen LogP contribution < -0.4 is 0 Å². The third kappa shape index (κ3) is 1.59. The van der Waals surface area contributed by atoms with Crippen LogP contribution in [0.4, 0.5) is 4.39 Å². The Labute approximate surface area is 80.5 Å². The lowest BCUT2D eigenvalue weighted by molar-refractivity contribution is 0.0978. The van der Waals surface area contributed by atoms with Crippen molar-refractivity contribution in [2.75, 3.05) is 0 Å². The number of rotatable bonds is 2. The highest BCUT2D eigenvalue weighted by Gasteiger charge is 2.48. The number of benzene rings is 1. The Kier molecular flexibility index (Phi) is 1.88. The fourth-order valence-electron chi connectivity index (χ4n) is 1.20. The quantitative estimate of drug-likeness (QED) is 0.528. The van der Waals surface area contributed by atoms with Crippen LogP contribution in [0, 0.1) is 5.82 Å². The van der Waals surface area contributed by atoms with Crippen LogP contribution >= 0.6 is 11.6 Å². The maximum atomic E-state index is 12.5. The molecule has 1 nitrogen and oxygen atoms in total. The summed E-state index contributed by atoms with van der Waals surface area (Å²) in [4.78, 5) is 10.9. The number of carbonyl (C=O) groups is 1. The molecular formula is C10H8ClFO. The summed E-state index contributed by atoms with van der Waals surface area (Å²) in [7, 11) is 0. The summed E-state index contributed by atoms with van der Waals surface area (Å²) < 4.78 is 12.5. The summed E-state index contributed by atoms with van der Waals surface area (Å²) >= 11 is 5.93. The SMILES string of the molecule is O=C(c1ccc(F)cc1)C1(Cl)CC1. The van der Waals surface area contributed by atoms with E-state index in [4.69, 9.17) is 11.6 Å². The molecular weight excluding hydrogens is 191 g/mol. The highest BCUT2D eigenvalue weighted by molar-refractivity contribution is 6.40. The number of hydrogen-bond acceptors (Lipinski definition) is 1. The lowest BCUT2D eigenvalue weighted by atomic mass is 10.1. The molecule has 13 heavy (non-hydrogen) atoms. The topological polar surface area (TPSA) is 17.1 Å². The van der Waals surface area contributed by atoms with Gasteiger partial charge in [-0.05, 0) is 37.1 Å². The molecule has 1 aliphatic carbocycles. The number of ketones is 1. The van der Waals surface area contributed by atoms with Gasteiger partial charge in [0.05, 0.1) is 0 Å². The van der Waals surface area contributed by atoms with Gasteiger partial charge in [-0.2, -0.15) is 0 Å². The molecule has 0 bridgehead atoms. The van der Waals surface area contributed by atoms with Crippen LogP contribution in [0.3, 0.4) is 0 Å². The van der Waals surface area contributed by atoms with Gasteiger partial charge in [0.15, 0.2) is 5.78 Å². The van der Waals surface area contributed by atoms with Crippen LogP contribution in [0.25, 0.3) is 0 Å². The molecule has 0 aliphatic heterocycles. The fourth-order valence-corrected chi connectivity index (χ4v) is 1.40. The molecule has 1 saturated carbocycles. The predicted molar refractivity (Wildman–Crippen MR) is 48.5 cm³/mol. The van der Waals surface area contributed by atoms with Crippen molar-refractivity contribution in [1.82, 2.24) is 0 Å². The minimum atomic E-state index is -0.683. The Bertz CT molecular complexity index is 340. The van der Waals surface area contributed by atoms with Crippen molar-refractivity contribution in [2.45, 2.75) is 17.7 Å². The number of alkyl halides is 1. The zero-order valence-corrected chi connectivity index (χ0v) is 7.64. The van der Waals surface area contributed by atoms with Crippen molar-refractivity contribution in [2.24, 2.45) is 0 Å². The van der Waals surface area contributed by atoms with Crippen molar-refractivity contribution in [3.63, 3.8) is 0 Å². The maximum Gasteiger partial charge on any atom is 0.183 e. The van der Waals surface area contributed by atoms with Gasteiger partial charge >= 0.3 is 0 Å². The standard InChI is InChI=1S/C10H8ClFO/c11-10(5-6-10)9(13)7-1-3-8(12)4-2-7/h1-4H,5-6H2. The first-order chi connectivity index (χ1) is 6.12. The molecule has 0 unspecified atom stereocenters. The van der Waals surface area contributed by atoms with Gasteiger partial charge in [0.25, 0.3) is 0 Å². The lowest BCUT2D eigenvalue weighted by Gasteiger charge is -2.04. The monoisotopic (exact) mass is 198 g/mol. The summed E-state index contributed by atoms with van der Waals surface area (Å²) in [6, 6.07) is 5.49. The Morgan fingerprint density at radius 1 is 1.31 bits per heavy atom. The van der Waals surface area contributed by atoms with Crippen LogP contribution in [-0.2, 0) is 0 Å². The molecule has 0 aromatic heterocycles. The first-order valence-electron chi connectivity index (χ1n) is 4.11. The van der Waals surface area contributed by atoms with Crippen LogP contribution in [0.5, 0.6) is 0 Å². The number of halogens is 2. The minimum Gasteiger partial charge on any atom is -0.292 e. The first-order valence-corrected chi connectivity index (χ1v) is 4.49. The summed E-state index contributed by atoms with van der Waals surface area (Å²) in [6.45, 7) is 0. The van der Waals surface area contributed by atoms with Gasteiger partial charge in [-0.25, -0.2) is 4.39 Å². The first kappa shape index (κ1) is 8.70. The second kappa shape index (κ2) is 2.81. The molecule has 0 heterocycles. The highest BCUT2D eigenvalue weighted by Crippen LogP contribution is 2.44. The van der Waals surface area contributed by atoms with Gasteiger partial charge in [-0.3, -0.25) is 4.79 Å². The van der Waals surface area contributed by atoms with Crippen molar-refractivity contribution in [1.29, 1.82) is 0 Å². The smallest absolute Gasteiger partial charge is 0.183 e. The molecule has 1 aromatic carbocycles. The van der Waals surface area contributed by atoms with Crippen molar-refractivity contribution in [3.8, 4) is 0 Å². The van der Waals surface area contributed by atoms with Crippen molar-refractivity contribution < 1.29 is 9.18 Å². The van der Waals surface area contributed by atoms with E-state index in [0.29, 0.717) is 5.56 Å². The van der Waals surface area contributed by atoms with E-state index in [1.807, 2.05) is 0 Å². The van der Waals surface area contributed by atoms with Crippen LogP contribution in [0.15, 0.2) is 24.3 Å². The molecule has 3 heteroatoms. The molecule has 68 valence electrons.